The lowest BCUT2D eigenvalue weighted by Gasteiger charge is -2.10. The average molecular weight is 368 g/mol. The van der Waals surface area contributed by atoms with E-state index in [0.29, 0.717) is 4.99 Å². The summed E-state index contributed by atoms with van der Waals surface area (Å²) in [5.74, 6) is 0. The first-order valence-electron chi connectivity index (χ1n) is 6.49. The van der Waals surface area contributed by atoms with Crippen molar-refractivity contribution in [3.05, 3.63) is 38.8 Å². The predicted molar refractivity (Wildman–Crippen MR) is 92.1 cm³/mol. The van der Waals surface area contributed by atoms with Crippen LogP contribution in [0.1, 0.15) is 29.0 Å². The van der Waals surface area contributed by atoms with Crippen molar-refractivity contribution >= 4 is 55.3 Å². The molecule has 20 heavy (non-hydrogen) atoms. The van der Waals surface area contributed by atoms with E-state index in [4.69, 9.17) is 18.0 Å². The Bertz CT molecular complexity index is 643. The zero-order chi connectivity index (χ0) is 14.1. The van der Waals surface area contributed by atoms with Gasteiger partial charge >= 0.3 is 0 Å². The SMILES string of the molecule is NC(=S)c1c(Br)cccc1Nc1nc2c(s1)CCCC2. The third-order valence-electron chi connectivity index (χ3n) is 3.35. The number of nitrogens with zero attached hydrogens (tertiary/aromatic N) is 1. The minimum absolute atomic E-state index is 0.376. The van der Waals surface area contributed by atoms with Crippen LogP contribution < -0.4 is 11.1 Å². The third kappa shape index (κ3) is 2.73. The van der Waals surface area contributed by atoms with E-state index >= 15 is 0 Å². The molecule has 0 fully saturated rings. The van der Waals surface area contributed by atoms with Gasteiger partial charge in [0.1, 0.15) is 4.99 Å². The van der Waals surface area contributed by atoms with E-state index in [2.05, 4.69) is 26.2 Å². The second-order valence-corrected chi connectivity index (χ2v) is 7.13. The molecule has 3 N–H and O–H groups in total. The molecular formula is C14H14BrN3S2. The summed E-state index contributed by atoms with van der Waals surface area (Å²) in [5.41, 5.74) is 8.79. The number of fused-ring (bicyclic) bond motifs is 1. The van der Waals surface area contributed by atoms with Crippen molar-refractivity contribution in [1.82, 2.24) is 4.98 Å². The van der Waals surface area contributed by atoms with Crippen LogP contribution in [0.5, 0.6) is 0 Å². The highest BCUT2D eigenvalue weighted by atomic mass is 79.9. The summed E-state index contributed by atoms with van der Waals surface area (Å²) < 4.78 is 0.899. The fraction of sp³-hybridized carbons (Fsp3) is 0.286. The highest BCUT2D eigenvalue weighted by Gasteiger charge is 2.16. The van der Waals surface area contributed by atoms with Crippen LogP contribution in [0.2, 0.25) is 0 Å². The summed E-state index contributed by atoms with van der Waals surface area (Å²) in [5, 5.41) is 4.29. The Hall–Kier alpha value is -0.980. The number of aryl methyl sites for hydroxylation is 2. The Kier molecular flexibility index (Phi) is 4.05. The predicted octanol–water partition coefficient (Wildman–Crippen LogP) is 4.16. The van der Waals surface area contributed by atoms with Crippen molar-refractivity contribution in [3.63, 3.8) is 0 Å². The number of nitrogens with two attached hydrogens (primary N) is 1. The number of thiazole rings is 1. The van der Waals surface area contributed by atoms with Gasteiger partial charge in [-0.05, 0) is 53.7 Å². The van der Waals surface area contributed by atoms with E-state index in [1.54, 1.807) is 11.3 Å². The lowest BCUT2D eigenvalue weighted by molar-refractivity contribution is 0.683. The molecule has 0 spiro atoms. The molecule has 0 amide bonds. The number of rotatable bonds is 3. The van der Waals surface area contributed by atoms with Crippen LogP contribution in [0.15, 0.2) is 22.7 Å². The highest BCUT2D eigenvalue weighted by molar-refractivity contribution is 9.10. The fourth-order valence-electron chi connectivity index (χ4n) is 2.40. The Morgan fingerprint density at radius 3 is 2.90 bits per heavy atom. The second kappa shape index (κ2) is 5.79. The molecule has 0 saturated carbocycles. The Labute approximate surface area is 135 Å². The lowest BCUT2D eigenvalue weighted by Crippen LogP contribution is -2.12. The van der Waals surface area contributed by atoms with Gasteiger partial charge in [-0.25, -0.2) is 4.98 Å². The number of anilines is 2. The van der Waals surface area contributed by atoms with E-state index in [1.165, 1.54) is 23.4 Å². The standard InChI is InChI=1S/C14H14BrN3S2/c15-8-4-3-6-10(12(8)13(16)19)18-14-17-9-5-1-2-7-11(9)20-14/h3-4,6H,1-2,5,7H2,(H2,16,19)(H,17,18). The van der Waals surface area contributed by atoms with Gasteiger partial charge in [-0.2, -0.15) is 0 Å². The Morgan fingerprint density at radius 2 is 2.15 bits per heavy atom. The van der Waals surface area contributed by atoms with Crippen molar-refractivity contribution in [2.24, 2.45) is 5.73 Å². The molecule has 2 aromatic rings. The maximum Gasteiger partial charge on any atom is 0.187 e. The van der Waals surface area contributed by atoms with Crippen LogP contribution in [0.3, 0.4) is 0 Å². The number of aromatic nitrogens is 1. The quantitative estimate of drug-likeness (QED) is 0.799. The van der Waals surface area contributed by atoms with Crippen molar-refractivity contribution in [2.45, 2.75) is 25.7 Å². The lowest BCUT2D eigenvalue weighted by atomic mass is 10.0. The molecule has 1 aliphatic carbocycles. The van der Waals surface area contributed by atoms with E-state index in [9.17, 15) is 0 Å². The van der Waals surface area contributed by atoms with Crippen LogP contribution in [-0.4, -0.2) is 9.97 Å². The second-order valence-electron chi connectivity index (χ2n) is 4.75. The van der Waals surface area contributed by atoms with Crippen LogP contribution in [-0.2, 0) is 12.8 Å². The van der Waals surface area contributed by atoms with Gasteiger partial charge in [-0.3, -0.25) is 0 Å². The molecule has 3 rings (SSSR count). The number of hydrogen-bond donors (Lipinski definition) is 2. The molecule has 0 unspecified atom stereocenters. The molecule has 3 nitrogen and oxygen atoms in total. The molecule has 0 atom stereocenters. The van der Waals surface area contributed by atoms with Crippen LogP contribution in [0.4, 0.5) is 10.8 Å². The van der Waals surface area contributed by atoms with Crippen molar-refractivity contribution in [2.75, 3.05) is 5.32 Å². The van der Waals surface area contributed by atoms with Crippen LogP contribution in [0, 0.1) is 0 Å². The van der Waals surface area contributed by atoms with Gasteiger partial charge in [0.15, 0.2) is 5.13 Å². The first kappa shape index (κ1) is 14.0. The summed E-state index contributed by atoms with van der Waals surface area (Å²) in [4.78, 5) is 6.47. The van der Waals surface area contributed by atoms with Gasteiger partial charge in [0, 0.05) is 14.9 Å². The van der Waals surface area contributed by atoms with Gasteiger partial charge in [0.05, 0.1) is 11.4 Å². The minimum atomic E-state index is 0.376. The van der Waals surface area contributed by atoms with E-state index in [-0.39, 0.29) is 0 Å². The molecule has 6 heteroatoms. The van der Waals surface area contributed by atoms with Crippen LogP contribution in [0.25, 0.3) is 0 Å². The van der Waals surface area contributed by atoms with E-state index < -0.39 is 0 Å². The van der Waals surface area contributed by atoms with E-state index in [1.807, 2.05) is 18.2 Å². The number of benzene rings is 1. The molecule has 1 heterocycles. The minimum Gasteiger partial charge on any atom is -0.389 e. The molecule has 1 aromatic carbocycles. The van der Waals surface area contributed by atoms with Gasteiger partial charge in [0.2, 0.25) is 0 Å². The highest BCUT2D eigenvalue weighted by Crippen LogP contribution is 2.33. The molecule has 104 valence electrons. The van der Waals surface area contributed by atoms with Gasteiger partial charge < -0.3 is 11.1 Å². The van der Waals surface area contributed by atoms with Crippen molar-refractivity contribution in [3.8, 4) is 0 Å². The smallest absolute Gasteiger partial charge is 0.187 e. The maximum atomic E-state index is 5.81. The summed E-state index contributed by atoms with van der Waals surface area (Å²) in [6.07, 6.45) is 4.75. The largest absolute Gasteiger partial charge is 0.389 e. The molecule has 1 aromatic heterocycles. The van der Waals surface area contributed by atoms with Gasteiger partial charge in [0.25, 0.3) is 0 Å². The van der Waals surface area contributed by atoms with Gasteiger partial charge in [-0.15, -0.1) is 11.3 Å². The Balaban J connectivity index is 1.93. The van der Waals surface area contributed by atoms with Crippen molar-refractivity contribution in [1.29, 1.82) is 0 Å². The van der Waals surface area contributed by atoms with E-state index in [0.717, 1.165) is 33.7 Å². The molecule has 1 aliphatic rings. The Morgan fingerprint density at radius 1 is 1.35 bits per heavy atom. The van der Waals surface area contributed by atoms with Crippen LogP contribution >= 0.6 is 39.5 Å². The molecule has 0 radical (unpaired) electrons. The summed E-state index contributed by atoms with van der Waals surface area (Å²) in [6.45, 7) is 0. The zero-order valence-electron chi connectivity index (χ0n) is 10.8. The average Bonchev–Trinajstić information content (AvgIpc) is 2.80. The summed E-state index contributed by atoms with van der Waals surface area (Å²) in [6, 6.07) is 5.87. The number of nitrogens with one attached hydrogen (secondary N) is 1. The van der Waals surface area contributed by atoms with Crippen molar-refractivity contribution < 1.29 is 0 Å². The first-order valence-corrected chi connectivity index (χ1v) is 8.51. The first-order chi connectivity index (χ1) is 9.65. The molecule has 0 aliphatic heterocycles. The van der Waals surface area contributed by atoms with Gasteiger partial charge in [-0.1, -0.05) is 18.3 Å². The summed E-state index contributed by atoms with van der Waals surface area (Å²) in [7, 11) is 0. The third-order valence-corrected chi connectivity index (χ3v) is 5.29. The molecular weight excluding hydrogens is 354 g/mol. The number of hydrogen-bond acceptors (Lipinski definition) is 4. The normalized spacial score (nSPS) is 13.8. The number of thiocarbonyl (C=S) groups is 1. The molecule has 0 saturated heterocycles. The maximum absolute atomic E-state index is 5.81. The fourth-order valence-corrected chi connectivity index (χ4v) is 4.39. The monoisotopic (exact) mass is 367 g/mol. The summed E-state index contributed by atoms with van der Waals surface area (Å²) >= 11 is 10.4. The number of halogens is 1. The topological polar surface area (TPSA) is 50.9 Å². The zero-order valence-corrected chi connectivity index (χ0v) is 14.0. The molecule has 0 bridgehead atoms.